The van der Waals surface area contributed by atoms with E-state index in [1.807, 2.05) is 0 Å². The summed E-state index contributed by atoms with van der Waals surface area (Å²) in [6.45, 7) is 10.3. The molecule has 0 aromatic heterocycles. The van der Waals surface area contributed by atoms with Crippen LogP contribution in [0.15, 0.2) is 60.7 Å². The Labute approximate surface area is 128 Å². The van der Waals surface area contributed by atoms with Crippen LogP contribution in [0.4, 0.5) is 0 Å². The molecule has 0 atom stereocenters. The number of ether oxygens (including phenoxy) is 2. The Balaban J connectivity index is 2.25. The summed E-state index contributed by atoms with van der Waals surface area (Å²) in [4.78, 5) is 23.0. The van der Waals surface area contributed by atoms with E-state index in [-0.39, 0.29) is 0 Å². The van der Waals surface area contributed by atoms with Crippen LogP contribution in [0.25, 0.3) is 10.8 Å². The van der Waals surface area contributed by atoms with Gasteiger partial charge in [0.2, 0.25) is 0 Å². The molecule has 0 unspecified atom stereocenters. The third kappa shape index (κ3) is 3.61. The van der Waals surface area contributed by atoms with Gasteiger partial charge in [-0.1, -0.05) is 25.3 Å². The predicted molar refractivity (Wildman–Crippen MR) is 84.8 cm³/mol. The van der Waals surface area contributed by atoms with Gasteiger partial charge in [-0.25, -0.2) is 9.59 Å². The summed E-state index contributed by atoms with van der Waals surface area (Å²) in [6.07, 6.45) is 0. The van der Waals surface area contributed by atoms with E-state index in [0.717, 1.165) is 10.8 Å². The molecule has 0 aliphatic heterocycles. The standard InChI is InChI=1S/C18H16O4/c1-11(2)17(19)21-15-7-5-14-10-16(8-6-13(14)9-15)22-18(20)12(3)4/h5-10H,1,3H2,2,4H3. The van der Waals surface area contributed by atoms with Crippen LogP contribution in [0, 0.1) is 0 Å². The van der Waals surface area contributed by atoms with E-state index in [0.29, 0.717) is 22.6 Å². The molecule has 0 radical (unpaired) electrons. The van der Waals surface area contributed by atoms with Gasteiger partial charge in [-0.3, -0.25) is 0 Å². The Kier molecular flexibility index (Phi) is 4.41. The minimum absolute atomic E-state index is 0.335. The normalized spacial score (nSPS) is 10.1. The van der Waals surface area contributed by atoms with Crippen LogP contribution in [-0.4, -0.2) is 11.9 Å². The fraction of sp³-hybridized carbons (Fsp3) is 0.111. The number of rotatable bonds is 4. The SMILES string of the molecule is C=C(C)C(=O)Oc1ccc2cc(OC(=O)C(=C)C)ccc2c1. The monoisotopic (exact) mass is 296 g/mol. The maximum Gasteiger partial charge on any atom is 0.338 e. The zero-order chi connectivity index (χ0) is 16.3. The Bertz CT molecular complexity index is 720. The van der Waals surface area contributed by atoms with E-state index >= 15 is 0 Å². The number of benzene rings is 2. The van der Waals surface area contributed by atoms with Crippen molar-refractivity contribution >= 4 is 22.7 Å². The summed E-state index contributed by atoms with van der Waals surface area (Å²) in [5.74, 6) is -0.0583. The Morgan fingerprint density at radius 3 is 1.45 bits per heavy atom. The highest BCUT2D eigenvalue weighted by atomic mass is 16.5. The summed E-state index contributed by atoms with van der Waals surface area (Å²) in [7, 11) is 0. The summed E-state index contributed by atoms with van der Waals surface area (Å²) in [6, 6.07) is 10.4. The molecular weight excluding hydrogens is 280 g/mol. The molecule has 2 aromatic rings. The summed E-state index contributed by atoms with van der Waals surface area (Å²) >= 11 is 0. The number of carbonyl (C=O) groups is 2. The van der Waals surface area contributed by atoms with Crippen molar-refractivity contribution in [3.8, 4) is 11.5 Å². The van der Waals surface area contributed by atoms with Crippen LogP contribution in [-0.2, 0) is 9.59 Å². The molecular formula is C18H16O4. The van der Waals surface area contributed by atoms with Crippen molar-refractivity contribution < 1.29 is 19.1 Å². The van der Waals surface area contributed by atoms with Crippen LogP contribution in [0.3, 0.4) is 0 Å². The lowest BCUT2D eigenvalue weighted by Crippen LogP contribution is -2.08. The Morgan fingerprint density at radius 2 is 1.14 bits per heavy atom. The number of esters is 2. The van der Waals surface area contributed by atoms with Gasteiger partial charge < -0.3 is 9.47 Å². The minimum atomic E-state index is -0.466. The fourth-order valence-corrected chi connectivity index (χ4v) is 1.72. The molecule has 0 aliphatic carbocycles. The van der Waals surface area contributed by atoms with Gasteiger partial charge in [-0.2, -0.15) is 0 Å². The van der Waals surface area contributed by atoms with E-state index in [4.69, 9.17) is 9.47 Å². The number of carbonyl (C=O) groups excluding carboxylic acids is 2. The Hall–Kier alpha value is -2.88. The van der Waals surface area contributed by atoms with Gasteiger partial charge in [0.05, 0.1) is 0 Å². The van der Waals surface area contributed by atoms with Crippen molar-refractivity contribution in [2.24, 2.45) is 0 Å². The molecule has 0 heterocycles. The average Bonchev–Trinajstić information content (AvgIpc) is 2.47. The van der Waals surface area contributed by atoms with Crippen molar-refractivity contribution in [2.45, 2.75) is 13.8 Å². The zero-order valence-corrected chi connectivity index (χ0v) is 12.5. The molecule has 0 amide bonds. The van der Waals surface area contributed by atoms with Gasteiger partial charge in [0.15, 0.2) is 0 Å². The smallest absolute Gasteiger partial charge is 0.338 e. The molecule has 2 aromatic carbocycles. The number of hydrogen-bond donors (Lipinski definition) is 0. The van der Waals surface area contributed by atoms with E-state index < -0.39 is 11.9 Å². The highest BCUT2D eigenvalue weighted by Crippen LogP contribution is 2.25. The van der Waals surface area contributed by atoms with Gasteiger partial charge in [0, 0.05) is 11.1 Å². The van der Waals surface area contributed by atoms with Crippen molar-refractivity contribution in [3.63, 3.8) is 0 Å². The Morgan fingerprint density at radius 1 is 0.773 bits per heavy atom. The van der Waals surface area contributed by atoms with Crippen LogP contribution < -0.4 is 9.47 Å². The van der Waals surface area contributed by atoms with E-state index in [9.17, 15) is 9.59 Å². The summed E-state index contributed by atoms with van der Waals surface area (Å²) < 4.78 is 10.3. The lowest BCUT2D eigenvalue weighted by atomic mass is 10.1. The van der Waals surface area contributed by atoms with E-state index in [1.165, 1.54) is 0 Å². The maximum atomic E-state index is 11.5. The lowest BCUT2D eigenvalue weighted by Gasteiger charge is -2.07. The first-order valence-corrected chi connectivity index (χ1v) is 6.66. The van der Waals surface area contributed by atoms with Crippen LogP contribution in [0.5, 0.6) is 11.5 Å². The predicted octanol–water partition coefficient (Wildman–Crippen LogP) is 3.80. The molecule has 2 rings (SSSR count). The highest BCUT2D eigenvalue weighted by molar-refractivity contribution is 5.92. The summed E-state index contributed by atoms with van der Waals surface area (Å²) in [5, 5.41) is 1.73. The highest BCUT2D eigenvalue weighted by Gasteiger charge is 2.08. The van der Waals surface area contributed by atoms with Crippen molar-refractivity contribution in [3.05, 3.63) is 60.7 Å². The molecule has 4 nitrogen and oxygen atoms in total. The van der Waals surface area contributed by atoms with Gasteiger partial charge >= 0.3 is 11.9 Å². The topological polar surface area (TPSA) is 52.6 Å². The van der Waals surface area contributed by atoms with Gasteiger partial charge in [-0.05, 0) is 48.9 Å². The molecule has 0 aliphatic rings. The molecule has 4 heteroatoms. The molecule has 22 heavy (non-hydrogen) atoms. The average molecular weight is 296 g/mol. The van der Waals surface area contributed by atoms with Crippen molar-refractivity contribution in [2.75, 3.05) is 0 Å². The van der Waals surface area contributed by atoms with Gasteiger partial charge in [0.25, 0.3) is 0 Å². The molecule has 0 fully saturated rings. The maximum absolute atomic E-state index is 11.5. The second-order valence-electron chi connectivity index (χ2n) is 5.01. The quantitative estimate of drug-likeness (QED) is 0.489. The third-order valence-electron chi connectivity index (χ3n) is 2.90. The van der Waals surface area contributed by atoms with E-state index in [2.05, 4.69) is 13.2 Å². The first-order chi connectivity index (χ1) is 10.4. The first-order valence-electron chi connectivity index (χ1n) is 6.66. The lowest BCUT2D eigenvalue weighted by molar-refractivity contribution is -0.130. The second-order valence-corrected chi connectivity index (χ2v) is 5.01. The third-order valence-corrected chi connectivity index (χ3v) is 2.90. The van der Waals surface area contributed by atoms with Gasteiger partial charge in [0.1, 0.15) is 11.5 Å². The summed E-state index contributed by atoms with van der Waals surface area (Å²) in [5.41, 5.74) is 0.671. The minimum Gasteiger partial charge on any atom is -0.423 e. The largest absolute Gasteiger partial charge is 0.423 e. The fourth-order valence-electron chi connectivity index (χ4n) is 1.72. The number of hydrogen-bond acceptors (Lipinski definition) is 4. The van der Waals surface area contributed by atoms with Gasteiger partial charge in [-0.15, -0.1) is 0 Å². The molecule has 112 valence electrons. The molecule has 0 bridgehead atoms. The first kappa shape index (κ1) is 15.5. The van der Waals surface area contributed by atoms with Crippen molar-refractivity contribution in [1.82, 2.24) is 0 Å². The molecule has 0 N–H and O–H groups in total. The van der Waals surface area contributed by atoms with E-state index in [1.54, 1.807) is 50.2 Å². The number of fused-ring (bicyclic) bond motifs is 1. The van der Waals surface area contributed by atoms with Crippen LogP contribution in [0.1, 0.15) is 13.8 Å². The van der Waals surface area contributed by atoms with Crippen molar-refractivity contribution in [1.29, 1.82) is 0 Å². The van der Waals surface area contributed by atoms with Crippen LogP contribution in [0.2, 0.25) is 0 Å². The molecule has 0 spiro atoms. The molecule has 0 saturated carbocycles. The molecule has 0 saturated heterocycles. The second kappa shape index (κ2) is 6.26. The van der Waals surface area contributed by atoms with Crippen LogP contribution >= 0.6 is 0 Å². The zero-order valence-electron chi connectivity index (χ0n) is 12.5.